The van der Waals surface area contributed by atoms with Gasteiger partial charge in [0.2, 0.25) is 6.34 Å². The Morgan fingerprint density at radius 1 is 0.742 bits per heavy atom. The van der Waals surface area contributed by atoms with Crippen LogP contribution in [0.3, 0.4) is 0 Å². The summed E-state index contributed by atoms with van der Waals surface area (Å²) in [5.74, 6) is 0.987. The van der Waals surface area contributed by atoms with Gasteiger partial charge in [0, 0.05) is 22.3 Å². The van der Waals surface area contributed by atoms with Gasteiger partial charge in [-0.25, -0.2) is 9.48 Å². The van der Waals surface area contributed by atoms with Crippen molar-refractivity contribution in [2.45, 2.75) is 91.9 Å². The second kappa shape index (κ2) is 8.45. The molecule has 0 unspecified atom stereocenters. The van der Waals surface area contributed by atoms with Crippen LogP contribution in [0.5, 0.6) is 0 Å². The number of anilines is 1. The highest BCUT2D eigenvalue weighted by atomic mass is 15.3. The van der Waals surface area contributed by atoms with Crippen LogP contribution in [-0.4, -0.2) is 24.0 Å². The molecule has 0 aromatic heterocycles. The first-order valence-electron chi connectivity index (χ1n) is 12.0. The molecular formula is C29H43N2+. The molecule has 0 bridgehead atoms. The Bertz CT molecular complexity index is 965. The summed E-state index contributed by atoms with van der Waals surface area (Å²) < 4.78 is 2.51. The summed E-state index contributed by atoms with van der Waals surface area (Å²) >= 11 is 0. The van der Waals surface area contributed by atoms with Crippen LogP contribution in [-0.2, 0) is 10.8 Å². The molecule has 3 rings (SSSR count). The molecule has 168 valence electrons. The average molecular weight is 420 g/mol. The van der Waals surface area contributed by atoms with E-state index in [0.717, 1.165) is 13.1 Å². The molecule has 0 saturated heterocycles. The molecule has 0 aliphatic carbocycles. The molecule has 1 aliphatic rings. The lowest BCUT2D eigenvalue weighted by molar-refractivity contribution is -0.425. The lowest BCUT2D eigenvalue weighted by Crippen LogP contribution is -2.25. The summed E-state index contributed by atoms with van der Waals surface area (Å²) in [6.45, 7) is 25.2. The Morgan fingerprint density at radius 3 is 1.77 bits per heavy atom. The zero-order chi connectivity index (χ0) is 23.1. The van der Waals surface area contributed by atoms with Crippen molar-refractivity contribution in [3.8, 4) is 0 Å². The average Bonchev–Trinajstić information content (AvgIpc) is 3.14. The van der Waals surface area contributed by atoms with Crippen LogP contribution in [0.25, 0.3) is 0 Å². The normalized spacial score (nSPS) is 15.2. The lowest BCUT2D eigenvalue weighted by atomic mass is 9.82. The van der Waals surface area contributed by atoms with Gasteiger partial charge in [-0.3, -0.25) is 0 Å². The summed E-state index contributed by atoms with van der Waals surface area (Å²) in [6.07, 6.45) is 2.38. The quantitative estimate of drug-likeness (QED) is 0.460. The van der Waals surface area contributed by atoms with Crippen molar-refractivity contribution in [2.24, 2.45) is 0 Å². The van der Waals surface area contributed by atoms with E-state index < -0.39 is 0 Å². The molecule has 0 atom stereocenters. The van der Waals surface area contributed by atoms with Crippen molar-refractivity contribution in [3.63, 3.8) is 0 Å². The van der Waals surface area contributed by atoms with Crippen LogP contribution in [0.1, 0.15) is 103 Å². The summed E-state index contributed by atoms with van der Waals surface area (Å²) in [5.41, 5.74) is 8.79. The minimum absolute atomic E-state index is 0.105. The van der Waals surface area contributed by atoms with Crippen LogP contribution in [0.4, 0.5) is 11.4 Å². The standard InChI is InChI=1S/C29H43N2/c1-20(2)22-13-11-15-24(28(5,6)7)26(22)30-17-18-31(19-30)27-23(21(3)4)14-12-16-25(27)29(8,9)10/h11-16,19-21H,17-18H2,1-10H3/q+1. The Labute approximate surface area is 191 Å². The van der Waals surface area contributed by atoms with E-state index in [1.807, 2.05) is 0 Å². The Morgan fingerprint density at radius 2 is 1.26 bits per heavy atom. The highest BCUT2D eigenvalue weighted by Gasteiger charge is 2.34. The van der Waals surface area contributed by atoms with Gasteiger partial charge in [-0.05, 0) is 22.7 Å². The number of benzene rings is 2. The molecule has 2 heteroatoms. The van der Waals surface area contributed by atoms with E-state index in [0.29, 0.717) is 11.8 Å². The molecule has 1 aliphatic heterocycles. The number of hydrogen-bond donors (Lipinski definition) is 0. The smallest absolute Gasteiger partial charge is 0.229 e. The van der Waals surface area contributed by atoms with Crippen molar-refractivity contribution in [1.82, 2.24) is 0 Å². The van der Waals surface area contributed by atoms with Gasteiger partial charge in [-0.2, -0.15) is 0 Å². The van der Waals surface area contributed by atoms with Gasteiger partial charge in [0.15, 0.2) is 0 Å². The SMILES string of the molecule is CC(C)c1cccc(C(C)(C)C)c1N1C=[N+](c2c(C(C)C)cccc2C(C)(C)C)CC1. The first kappa shape index (κ1) is 23.6. The number of nitrogens with zero attached hydrogens (tertiary/aromatic N) is 2. The molecule has 0 amide bonds. The minimum atomic E-state index is 0.105. The van der Waals surface area contributed by atoms with Crippen molar-refractivity contribution in [2.75, 3.05) is 18.0 Å². The third kappa shape index (κ3) is 4.73. The fraction of sp³-hybridized carbons (Fsp3) is 0.552. The summed E-state index contributed by atoms with van der Waals surface area (Å²) in [5, 5.41) is 0. The van der Waals surface area contributed by atoms with Crippen LogP contribution < -0.4 is 4.90 Å². The van der Waals surface area contributed by atoms with Crippen molar-refractivity contribution < 1.29 is 4.58 Å². The van der Waals surface area contributed by atoms with Crippen LogP contribution in [0.2, 0.25) is 0 Å². The van der Waals surface area contributed by atoms with Gasteiger partial charge in [0.1, 0.15) is 24.5 Å². The van der Waals surface area contributed by atoms with E-state index in [4.69, 9.17) is 0 Å². The predicted octanol–water partition coefficient (Wildman–Crippen LogP) is 7.72. The van der Waals surface area contributed by atoms with E-state index in [1.54, 1.807) is 0 Å². The molecule has 2 aromatic rings. The highest BCUT2D eigenvalue weighted by molar-refractivity contribution is 5.83. The third-order valence-electron chi connectivity index (χ3n) is 6.43. The molecular weight excluding hydrogens is 376 g/mol. The summed E-state index contributed by atoms with van der Waals surface area (Å²) in [6, 6.07) is 13.7. The molecule has 2 nitrogen and oxygen atoms in total. The second-order valence-corrected chi connectivity index (χ2v) is 11.8. The Balaban J connectivity index is 2.20. The molecule has 0 N–H and O–H groups in total. The molecule has 0 saturated carbocycles. The predicted molar refractivity (Wildman–Crippen MR) is 137 cm³/mol. The largest absolute Gasteiger partial charge is 0.244 e. The zero-order valence-corrected chi connectivity index (χ0v) is 21.5. The number of hydrogen-bond acceptors (Lipinski definition) is 1. The monoisotopic (exact) mass is 419 g/mol. The minimum Gasteiger partial charge on any atom is -0.229 e. The lowest BCUT2D eigenvalue weighted by Gasteiger charge is -2.26. The van der Waals surface area contributed by atoms with Gasteiger partial charge in [0.25, 0.3) is 0 Å². The van der Waals surface area contributed by atoms with Gasteiger partial charge < -0.3 is 0 Å². The van der Waals surface area contributed by atoms with Crippen molar-refractivity contribution in [3.05, 3.63) is 58.7 Å². The van der Waals surface area contributed by atoms with Crippen LogP contribution in [0, 0.1) is 0 Å². The molecule has 0 spiro atoms. The maximum Gasteiger partial charge on any atom is 0.244 e. The maximum atomic E-state index is 2.51. The first-order chi connectivity index (χ1) is 14.3. The van der Waals surface area contributed by atoms with Gasteiger partial charge in [-0.15, -0.1) is 0 Å². The van der Waals surface area contributed by atoms with E-state index in [-0.39, 0.29) is 10.8 Å². The fourth-order valence-corrected chi connectivity index (χ4v) is 4.74. The Kier molecular flexibility index (Phi) is 6.42. The zero-order valence-electron chi connectivity index (χ0n) is 21.5. The maximum absolute atomic E-state index is 2.51. The van der Waals surface area contributed by atoms with Gasteiger partial charge >= 0.3 is 0 Å². The van der Waals surface area contributed by atoms with Crippen molar-refractivity contribution >= 4 is 17.7 Å². The van der Waals surface area contributed by atoms with Crippen molar-refractivity contribution in [1.29, 1.82) is 0 Å². The van der Waals surface area contributed by atoms with E-state index >= 15 is 0 Å². The highest BCUT2D eigenvalue weighted by Crippen LogP contribution is 2.41. The molecule has 2 aromatic carbocycles. The molecule has 31 heavy (non-hydrogen) atoms. The van der Waals surface area contributed by atoms with Gasteiger partial charge in [-0.1, -0.05) is 106 Å². The van der Waals surface area contributed by atoms with Crippen LogP contribution >= 0.6 is 0 Å². The van der Waals surface area contributed by atoms with Gasteiger partial charge in [0.05, 0.1) is 0 Å². The number of para-hydroxylation sites is 2. The van der Waals surface area contributed by atoms with E-state index in [1.165, 1.54) is 33.6 Å². The fourth-order valence-electron chi connectivity index (χ4n) is 4.74. The Hall–Kier alpha value is -2.09. The summed E-state index contributed by atoms with van der Waals surface area (Å²) in [4.78, 5) is 2.51. The number of rotatable bonds is 4. The molecule has 0 fully saturated rings. The first-order valence-corrected chi connectivity index (χ1v) is 12.0. The third-order valence-corrected chi connectivity index (χ3v) is 6.43. The summed E-state index contributed by atoms with van der Waals surface area (Å²) in [7, 11) is 0. The molecule has 1 heterocycles. The van der Waals surface area contributed by atoms with Crippen LogP contribution in [0.15, 0.2) is 36.4 Å². The van der Waals surface area contributed by atoms with E-state index in [9.17, 15) is 0 Å². The molecule has 0 radical (unpaired) electrons. The topological polar surface area (TPSA) is 6.25 Å². The van der Waals surface area contributed by atoms with E-state index in [2.05, 4.69) is 121 Å². The second-order valence-electron chi connectivity index (χ2n) is 11.8.